The second-order valence-electron chi connectivity index (χ2n) is 4.81. The molecule has 0 aromatic rings. The zero-order valence-electron chi connectivity index (χ0n) is 9.86. The van der Waals surface area contributed by atoms with Gasteiger partial charge in [-0.15, -0.1) is 0 Å². The van der Waals surface area contributed by atoms with Crippen LogP contribution in [0.4, 0.5) is 0 Å². The molecule has 0 aliphatic carbocycles. The summed E-state index contributed by atoms with van der Waals surface area (Å²) in [6, 6.07) is 0.274. The minimum Gasteiger partial charge on any atom is -0.378 e. The molecule has 2 fully saturated rings. The molecule has 16 heavy (non-hydrogen) atoms. The Kier molecular flexibility index (Phi) is 4.18. The molecule has 0 saturated carbocycles. The van der Waals surface area contributed by atoms with Gasteiger partial charge < -0.3 is 15.4 Å². The molecule has 4 heteroatoms. The topological polar surface area (TPSA) is 55.6 Å². The lowest BCUT2D eigenvalue weighted by Gasteiger charge is -2.27. The second kappa shape index (κ2) is 5.64. The number of nitrogens with two attached hydrogens (primary N) is 1. The summed E-state index contributed by atoms with van der Waals surface area (Å²) in [6.07, 6.45) is 6.23. The van der Waals surface area contributed by atoms with E-state index >= 15 is 0 Å². The normalized spacial score (nSPS) is 30.7. The molecule has 2 atom stereocenters. The summed E-state index contributed by atoms with van der Waals surface area (Å²) < 4.78 is 5.60. The highest BCUT2D eigenvalue weighted by molar-refractivity contribution is 5.77. The van der Waals surface area contributed by atoms with E-state index in [1.807, 2.05) is 4.90 Å². The third-order valence-electron chi connectivity index (χ3n) is 3.65. The predicted octanol–water partition coefficient (Wildman–Crippen LogP) is 0.895. The predicted molar refractivity (Wildman–Crippen MR) is 62.0 cm³/mol. The first kappa shape index (κ1) is 11.9. The minimum atomic E-state index is 0.153. The molecular formula is C12H22N2O2. The van der Waals surface area contributed by atoms with Crippen LogP contribution in [0.3, 0.4) is 0 Å². The van der Waals surface area contributed by atoms with E-state index in [9.17, 15) is 4.79 Å². The van der Waals surface area contributed by atoms with Crippen LogP contribution in [0, 0.1) is 0 Å². The maximum absolute atomic E-state index is 12.1. The van der Waals surface area contributed by atoms with Gasteiger partial charge in [0.1, 0.15) is 0 Å². The van der Waals surface area contributed by atoms with Crippen molar-refractivity contribution in [3.63, 3.8) is 0 Å². The van der Waals surface area contributed by atoms with Gasteiger partial charge in [-0.05, 0) is 32.1 Å². The maximum Gasteiger partial charge on any atom is 0.225 e. The quantitative estimate of drug-likeness (QED) is 0.777. The smallest absolute Gasteiger partial charge is 0.225 e. The molecule has 2 unspecified atom stereocenters. The zero-order chi connectivity index (χ0) is 11.4. The average molecular weight is 226 g/mol. The molecule has 1 amide bonds. The van der Waals surface area contributed by atoms with E-state index in [-0.39, 0.29) is 18.1 Å². The van der Waals surface area contributed by atoms with Crippen LogP contribution in [-0.2, 0) is 9.53 Å². The van der Waals surface area contributed by atoms with Crippen molar-refractivity contribution in [3.8, 4) is 0 Å². The first-order valence-electron chi connectivity index (χ1n) is 6.42. The number of hydrogen-bond donors (Lipinski definition) is 1. The first-order chi connectivity index (χ1) is 7.81. The van der Waals surface area contributed by atoms with Crippen LogP contribution in [0.2, 0.25) is 0 Å². The summed E-state index contributed by atoms with van der Waals surface area (Å²) in [5, 5.41) is 0. The number of rotatable bonds is 3. The highest BCUT2D eigenvalue weighted by Crippen LogP contribution is 2.21. The number of carbonyl (C=O) groups excluding carboxylic acids is 1. The van der Waals surface area contributed by atoms with Crippen LogP contribution in [0.15, 0.2) is 0 Å². The van der Waals surface area contributed by atoms with Gasteiger partial charge in [-0.25, -0.2) is 0 Å². The molecule has 2 aliphatic rings. The minimum absolute atomic E-state index is 0.153. The maximum atomic E-state index is 12.1. The van der Waals surface area contributed by atoms with Crippen molar-refractivity contribution in [2.45, 2.75) is 50.7 Å². The Morgan fingerprint density at radius 2 is 2.19 bits per heavy atom. The van der Waals surface area contributed by atoms with Crippen molar-refractivity contribution in [2.24, 2.45) is 5.73 Å². The van der Waals surface area contributed by atoms with Gasteiger partial charge in [0.05, 0.1) is 12.5 Å². The zero-order valence-corrected chi connectivity index (χ0v) is 9.86. The van der Waals surface area contributed by atoms with Crippen LogP contribution >= 0.6 is 0 Å². The van der Waals surface area contributed by atoms with Crippen LogP contribution in [0.25, 0.3) is 0 Å². The van der Waals surface area contributed by atoms with Crippen molar-refractivity contribution < 1.29 is 9.53 Å². The summed E-state index contributed by atoms with van der Waals surface area (Å²) in [6.45, 7) is 2.29. The molecule has 0 aromatic heterocycles. The van der Waals surface area contributed by atoms with E-state index in [0.29, 0.717) is 13.0 Å². The molecule has 0 aromatic carbocycles. The molecule has 4 nitrogen and oxygen atoms in total. The van der Waals surface area contributed by atoms with Crippen molar-refractivity contribution in [1.29, 1.82) is 0 Å². The Morgan fingerprint density at radius 1 is 1.31 bits per heavy atom. The number of hydrogen-bond acceptors (Lipinski definition) is 3. The highest BCUT2D eigenvalue weighted by atomic mass is 16.5. The van der Waals surface area contributed by atoms with Gasteiger partial charge in [0.25, 0.3) is 0 Å². The van der Waals surface area contributed by atoms with Gasteiger partial charge in [-0.3, -0.25) is 4.79 Å². The Morgan fingerprint density at radius 3 is 2.88 bits per heavy atom. The molecule has 2 N–H and O–H groups in total. The van der Waals surface area contributed by atoms with Crippen LogP contribution < -0.4 is 5.73 Å². The number of amides is 1. The molecule has 2 aliphatic heterocycles. The first-order valence-corrected chi connectivity index (χ1v) is 6.42. The van der Waals surface area contributed by atoms with Crippen molar-refractivity contribution in [2.75, 3.05) is 19.7 Å². The van der Waals surface area contributed by atoms with Crippen LogP contribution in [0.1, 0.15) is 38.5 Å². The number of likely N-dealkylation sites (tertiary alicyclic amines) is 1. The Hall–Kier alpha value is -0.610. The molecule has 92 valence electrons. The third kappa shape index (κ3) is 2.74. The molecule has 2 rings (SSSR count). The summed E-state index contributed by atoms with van der Waals surface area (Å²) in [7, 11) is 0. The fourth-order valence-corrected chi connectivity index (χ4v) is 2.69. The molecule has 2 saturated heterocycles. The fraction of sp³-hybridized carbons (Fsp3) is 0.917. The SMILES string of the molecule is NCC1CCCN1C(=O)CC1CCCCO1. The summed E-state index contributed by atoms with van der Waals surface area (Å²) >= 11 is 0. The molecule has 0 spiro atoms. The Bertz CT molecular complexity index is 239. The van der Waals surface area contributed by atoms with Crippen LogP contribution in [0.5, 0.6) is 0 Å². The van der Waals surface area contributed by atoms with Crippen molar-refractivity contribution in [3.05, 3.63) is 0 Å². The molecule has 2 heterocycles. The summed E-state index contributed by atoms with van der Waals surface area (Å²) in [4.78, 5) is 14.0. The van der Waals surface area contributed by atoms with Gasteiger partial charge in [0.2, 0.25) is 5.91 Å². The van der Waals surface area contributed by atoms with E-state index in [1.54, 1.807) is 0 Å². The second-order valence-corrected chi connectivity index (χ2v) is 4.81. The molecule has 0 bridgehead atoms. The monoisotopic (exact) mass is 226 g/mol. The molecule has 0 radical (unpaired) electrons. The number of ether oxygens (including phenoxy) is 1. The van der Waals surface area contributed by atoms with Gasteiger partial charge in [-0.2, -0.15) is 0 Å². The van der Waals surface area contributed by atoms with Gasteiger partial charge in [0.15, 0.2) is 0 Å². The lowest BCUT2D eigenvalue weighted by molar-refractivity contribution is -0.135. The standard InChI is InChI=1S/C12H22N2O2/c13-9-10-4-3-6-14(10)12(15)8-11-5-1-2-7-16-11/h10-11H,1-9,13H2. The van der Waals surface area contributed by atoms with Crippen molar-refractivity contribution >= 4 is 5.91 Å². The van der Waals surface area contributed by atoms with Crippen molar-refractivity contribution in [1.82, 2.24) is 4.90 Å². The van der Waals surface area contributed by atoms with Gasteiger partial charge in [-0.1, -0.05) is 0 Å². The molecular weight excluding hydrogens is 204 g/mol. The van der Waals surface area contributed by atoms with Gasteiger partial charge >= 0.3 is 0 Å². The Labute approximate surface area is 97.1 Å². The van der Waals surface area contributed by atoms with E-state index in [1.165, 1.54) is 6.42 Å². The number of nitrogens with zero attached hydrogens (tertiary/aromatic N) is 1. The summed E-state index contributed by atoms with van der Waals surface area (Å²) in [5.74, 6) is 0.236. The third-order valence-corrected chi connectivity index (χ3v) is 3.65. The lowest BCUT2D eigenvalue weighted by atomic mass is 10.1. The van der Waals surface area contributed by atoms with Crippen LogP contribution in [-0.4, -0.2) is 42.6 Å². The van der Waals surface area contributed by atoms with E-state index in [0.717, 1.165) is 38.8 Å². The highest BCUT2D eigenvalue weighted by Gasteiger charge is 2.29. The largest absolute Gasteiger partial charge is 0.378 e. The lowest BCUT2D eigenvalue weighted by Crippen LogP contribution is -2.41. The van der Waals surface area contributed by atoms with E-state index in [4.69, 9.17) is 10.5 Å². The van der Waals surface area contributed by atoms with E-state index < -0.39 is 0 Å². The number of carbonyl (C=O) groups is 1. The Balaban J connectivity index is 1.82. The average Bonchev–Trinajstić information content (AvgIpc) is 2.78. The van der Waals surface area contributed by atoms with E-state index in [2.05, 4.69) is 0 Å². The van der Waals surface area contributed by atoms with Gasteiger partial charge in [0, 0.05) is 25.7 Å². The fourth-order valence-electron chi connectivity index (χ4n) is 2.69. The summed E-state index contributed by atoms with van der Waals surface area (Å²) in [5.41, 5.74) is 5.67.